The van der Waals surface area contributed by atoms with Gasteiger partial charge in [0, 0.05) is 56.1 Å². The molecule has 5 amide bonds. The Morgan fingerprint density at radius 2 is 1.87 bits per heavy atom. The summed E-state index contributed by atoms with van der Waals surface area (Å²) in [6.45, 7) is 3.18. The Kier molecular flexibility index (Phi) is 8.86. The highest BCUT2D eigenvalue weighted by molar-refractivity contribution is 6.03. The van der Waals surface area contributed by atoms with Crippen LogP contribution in [0.3, 0.4) is 0 Å². The molecule has 0 bridgehead atoms. The van der Waals surface area contributed by atoms with Gasteiger partial charge in [-0.3, -0.25) is 29.3 Å². The van der Waals surface area contributed by atoms with Crippen molar-refractivity contribution in [3.05, 3.63) is 77.1 Å². The topological polar surface area (TPSA) is 171 Å². The number of hydrazine groups is 1. The Labute approximate surface area is 296 Å². The van der Waals surface area contributed by atoms with Gasteiger partial charge >= 0.3 is 6.03 Å². The van der Waals surface area contributed by atoms with Crippen molar-refractivity contribution < 1.29 is 32.4 Å². The number of oxazole rings is 1. The third-order valence-corrected chi connectivity index (χ3v) is 9.84. The van der Waals surface area contributed by atoms with Crippen molar-refractivity contribution in [1.82, 2.24) is 40.0 Å². The number of nitrogens with zero attached hydrogens (tertiary/aromatic N) is 7. The minimum absolute atomic E-state index is 0.0577. The lowest BCUT2D eigenvalue weighted by Crippen LogP contribution is -2.56. The lowest BCUT2D eigenvalue weighted by molar-refractivity contribution is -0.123. The first-order valence-corrected chi connectivity index (χ1v) is 17.3. The maximum atomic E-state index is 14.1. The van der Waals surface area contributed by atoms with Gasteiger partial charge in [-0.25, -0.2) is 33.6 Å². The molecule has 0 unspecified atom stereocenters. The molecule has 4 aliphatic rings. The Bertz CT molecular complexity index is 2040. The van der Waals surface area contributed by atoms with Crippen LogP contribution in [0.5, 0.6) is 0 Å². The number of halogens is 2. The standard InChI is InChI=1S/C35H36F2N10O5/c36-31(37)30-26(40-32(49)27-19-52-33(41-27)22-5-9-38-28(14-22)39-15-20-1-2-20)18-45(43-30)24-6-10-44(11-7-24)16-21-3-4-25-23(13-21)17-47(34(25)50)46-12-8-29(48)42-35(46)51/h3-5,9,13-14,18-20,24,31H,1-2,6-8,10-12,15-17H2,(H,38,39)(H,40,49)(H,42,48,51). The summed E-state index contributed by atoms with van der Waals surface area (Å²) >= 11 is 0. The third-order valence-electron chi connectivity index (χ3n) is 9.84. The van der Waals surface area contributed by atoms with Crippen LogP contribution in [-0.4, -0.2) is 84.6 Å². The van der Waals surface area contributed by atoms with Crippen LogP contribution in [0.4, 0.5) is 25.1 Å². The molecule has 3 fully saturated rings. The molecule has 2 saturated heterocycles. The second-order valence-corrected chi connectivity index (χ2v) is 13.5. The first-order chi connectivity index (χ1) is 25.2. The minimum Gasteiger partial charge on any atom is -0.444 e. The van der Waals surface area contributed by atoms with E-state index in [0.717, 1.165) is 17.7 Å². The number of benzene rings is 1. The van der Waals surface area contributed by atoms with Gasteiger partial charge < -0.3 is 15.1 Å². The second kappa shape index (κ2) is 13.8. The Hall–Kier alpha value is -5.71. The monoisotopic (exact) mass is 714 g/mol. The number of pyridine rings is 1. The number of nitrogens with one attached hydrogen (secondary N) is 3. The smallest absolute Gasteiger partial charge is 0.342 e. The number of aromatic nitrogens is 4. The van der Waals surface area contributed by atoms with Crippen molar-refractivity contribution in [3.63, 3.8) is 0 Å². The molecule has 4 aromatic rings. The third kappa shape index (κ3) is 6.95. The fourth-order valence-electron chi connectivity index (χ4n) is 6.82. The number of amides is 5. The summed E-state index contributed by atoms with van der Waals surface area (Å²) in [5.74, 6) is 0.200. The van der Waals surface area contributed by atoms with Crippen LogP contribution < -0.4 is 16.0 Å². The molecule has 270 valence electrons. The first-order valence-electron chi connectivity index (χ1n) is 17.3. The summed E-state index contributed by atoms with van der Waals surface area (Å²) in [7, 11) is 0. The molecule has 0 spiro atoms. The van der Waals surface area contributed by atoms with Gasteiger partial charge in [-0.15, -0.1) is 0 Å². The lowest BCUT2D eigenvalue weighted by Gasteiger charge is -2.33. The molecule has 8 rings (SSSR count). The molecular formula is C35H36F2N10O5. The zero-order valence-electron chi connectivity index (χ0n) is 28.1. The summed E-state index contributed by atoms with van der Waals surface area (Å²) < 4.78 is 35.2. The van der Waals surface area contributed by atoms with Gasteiger partial charge in [0.25, 0.3) is 18.2 Å². The van der Waals surface area contributed by atoms with Crippen molar-refractivity contribution >= 4 is 35.3 Å². The van der Waals surface area contributed by atoms with E-state index in [9.17, 15) is 28.0 Å². The number of urea groups is 1. The van der Waals surface area contributed by atoms with Crippen LogP contribution >= 0.6 is 0 Å². The predicted octanol–water partition coefficient (Wildman–Crippen LogP) is 4.59. The molecule has 17 heteroatoms. The highest BCUT2D eigenvalue weighted by atomic mass is 19.3. The number of rotatable bonds is 11. The van der Waals surface area contributed by atoms with E-state index < -0.39 is 24.1 Å². The van der Waals surface area contributed by atoms with Gasteiger partial charge in [0.15, 0.2) is 11.4 Å². The van der Waals surface area contributed by atoms with Crippen molar-refractivity contribution in [2.45, 2.75) is 57.7 Å². The number of imide groups is 1. The quantitative estimate of drug-likeness (QED) is 0.200. The SMILES string of the molecule is O=C1CCN(N2Cc3cc(CN4CCC(n5cc(NC(=O)c6coc(-c7ccnc(NCC8CC8)c7)n6)c(C(F)F)n5)CC4)ccc3C2=O)C(=O)N1. The summed E-state index contributed by atoms with van der Waals surface area (Å²) in [4.78, 5) is 60.8. The maximum Gasteiger partial charge on any atom is 0.342 e. The van der Waals surface area contributed by atoms with Crippen molar-refractivity contribution in [2.24, 2.45) is 5.92 Å². The molecule has 0 atom stereocenters. The van der Waals surface area contributed by atoms with E-state index in [1.807, 2.05) is 12.1 Å². The molecule has 1 aliphatic carbocycles. The van der Waals surface area contributed by atoms with Gasteiger partial charge in [0.1, 0.15) is 12.1 Å². The zero-order valence-corrected chi connectivity index (χ0v) is 28.1. The average Bonchev–Trinajstić information content (AvgIpc) is 3.50. The van der Waals surface area contributed by atoms with Crippen LogP contribution in [0.1, 0.15) is 82.2 Å². The number of hydrogen-bond donors (Lipinski definition) is 3. The first kappa shape index (κ1) is 33.4. The molecule has 3 N–H and O–H groups in total. The van der Waals surface area contributed by atoms with Gasteiger partial charge in [0.05, 0.1) is 24.8 Å². The van der Waals surface area contributed by atoms with Crippen LogP contribution in [0, 0.1) is 5.92 Å². The summed E-state index contributed by atoms with van der Waals surface area (Å²) in [6, 6.07) is 8.36. The molecule has 3 aliphatic heterocycles. The number of fused-ring (bicyclic) bond motifs is 1. The van der Waals surface area contributed by atoms with E-state index in [4.69, 9.17) is 4.42 Å². The van der Waals surface area contributed by atoms with E-state index in [1.165, 1.54) is 40.0 Å². The van der Waals surface area contributed by atoms with Gasteiger partial charge in [0.2, 0.25) is 11.8 Å². The molecule has 0 radical (unpaired) electrons. The highest BCUT2D eigenvalue weighted by Gasteiger charge is 2.37. The van der Waals surface area contributed by atoms with Crippen LogP contribution in [0.2, 0.25) is 0 Å². The second-order valence-electron chi connectivity index (χ2n) is 13.5. The number of carbonyl (C=O) groups excluding carboxylic acids is 4. The number of hydrogen-bond acceptors (Lipinski definition) is 10. The van der Waals surface area contributed by atoms with Crippen LogP contribution in [0.15, 0.2) is 53.4 Å². The fourth-order valence-corrected chi connectivity index (χ4v) is 6.82. The molecule has 15 nitrogen and oxygen atoms in total. The Morgan fingerprint density at radius 1 is 1.04 bits per heavy atom. The molecule has 52 heavy (non-hydrogen) atoms. The fraction of sp³-hybridized carbons (Fsp3) is 0.400. The lowest BCUT2D eigenvalue weighted by atomic mass is 10.0. The van der Waals surface area contributed by atoms with Gasteiger partial charge in [-0.1, -0.05) is 12.1 Å². The van der Waals surface area contributed by atoms with E-state index in [0.29, 0.717) is 55.3 Å². The van der Waals surface area contributed by atoms with E-state index in [2.05, 4.69) is 35.9 Å². The number of alkyl halides is 2. The summed E-state index contributed by atoms with van der Waals surface area (Å²) in [5.41, 5.74) is 2.29. The molecule has 1 aromatic carbocycles. The number of likely N-dealkylation sites (tertiary alicyclic amines) is 1. The molecule has 3 aromatic heterocycles. The van der Waals surface area contributed by atoms with E-state index >= 15 is 0 Å². The number of anilines is 2. The summed E-state index contributed by atoms with van der Waals surface area (Å²) in [5, 5.41) is 14.9. The number of piperidine rings is 1. The Balaban J connectivity index is 0.872. The Morgan fingerprint density at radius 3 is 2.63 bits per heavy atom. The number of carbonyl (C=O) groups is 4. The minimum atomic E-state index is -2.91. The zero-order chi connectivity index (χ0) is 35.9. The van der Waals surface area contributed by atoms with Gasteiger partial charge in [-0.2, -0.15) is 5.10 Å². The summed E-state index contributed by atoms with van der Waals surface area (Å²) in [6.07, 6.45) is 5.18. The average molecular weight is 715 g/mol. The largest absolute Gasteiger partial charge is 0.444 e. The highest BCUT2D eigenvalue weighted by Crippen LogP contribution is 2.33. The molecule has 1 saturated carbocycles. The normalized spacial score (nSPS) is 18.2. The molecular weight excluding hydrogens is 678 g/mol. The van der Waals surface area contributed by atoms with Gasteiger partial charge in [-0.05, 0) is 60.9 Å². The van der Waals surface area contributed by atoms with E-state index in [1.54, 1.807) is 24.4 Å². The maximum absolute atomic E-state index is 14.1. The van der Waals surface area contributed by atoms with Crippen molar-refractivity contribution in [1.29, 1.82) is 0 Å². The predicted molar refractivity (Wildman–Crippen MR) is 181 cm³/mol. The van der Waals surface area contributed by atoms with Crippen molar-refractivity contribution in [2.75, 3.05) is 36.8 Å². The van der Waals surface area contributed by atoms with Crippen LogP contribution in [-0.2, 0) is 17.9 Å². The van der Waals surface area contributed by atoms with E-state index in [-0.39, 0.29) is 54.6 Å². The van der Waals surface area contributed by atoms with Crippen molar-refractivity contribution in [3.8, 4) is 11.5 Å². The molecule has 6 heterocycles. The van der Waals surface area contributed by atoms with Crippen LogP contribution in [0.25, 0.3) is 11.5 Å².